The van der Waals surface area contributed by atoms with Gasteiger partial charge in [-0.2, -0.15) is 5.10 Å². The maximum Gasteiger partial charge on any atom is 0.230 e. The van der Waals surface area contributed by atoms with Crippen molar-refractivity contribution in [2.75, 3.05) is 17.6 Å². The number of anilines is 2. The second kappa shape index (κ2) is 8.10. The maximum absolute atomic E-state index is 13.7. The van der Waals surface area contributed by atoms with Gasteiger partial charge < -0.3 is 11.1 Å². The SMILES string of the molecule is Cc1ccccc1Cn1nc(-c2ncc(NC(=O)C34CC5CC6CC(C3)C6(C5)C4)c(N)n2)cc1C1=NCC=C1. The van der Waals surface area contributed by atoms with Crippen molar-refractivity contribution in [2.45, 2.75) is 52.0 Å². The number of aliphatic imine (C=N–C) groups is 1. The van der Waals surface area contributed by atoms with Crippen molar-refractivity contribution in [2.24, 2.45) is 33.6 Å². The fraction of sp³-hybridized carbons (Fsp3) is 0.452. The third-order valence-corrected chi connectivity index (χ3v) is 10.5. The van der Waals surface area contributed by atoms with Crippen LogP contribution in [0.5, 0.6) is 0 Å². The minimum absolute atomic E-state index is 0.112. The number of fused-ring (bicyclic) bond motifs is 2. The van der Waals surface area contributed by atoms with Crippen molar-refractivity contribution < 1.29 is 4.79 Å². The molecule has 4 saturated carbocycles. The number of hydrogen-bond donors (Lipinski definition) is 2. The molecule has 0 radical (unpaired) electrons. The Kier molecular flexibility index (Phi) is 4.80. The van der Waals surface area contributed by atoms with Crippen molar-refractivity contribution in [3.05, 3.63) is 65.5 Å². The predicted octanol–water partition coefficient (Wildman–Crippen LogP) is 4.79. The Bertz CT molecular complexity index is 1580. The van der Waals surface area contributed by atoms with Crippen LogP contribution in [0.3, 0.4) is 0 Å². The molecule has 1 spiro atoms. The molecule has 4 aliphatic carbocycles. The first kappa shape index (κ1) is 23.1. The molecule has 0 saturated heterocycles. The van der Waals surface area contributed by atoms with E-state index in [1.54, 1.807) is 6.20 Å². The second-order valence-electron chi connectivity index (χ2n) is 12.6. The van der Waals surface area contributed by atoms with E-state index < -0.39 is 0 Å². The zero-order valence-corrected chi connectivity index (χ0v) is 22.2. The molecule has 3 aromatic rings. The minimum atomic E-state index is -0.247. The summed E-state index contributed by atoms with van der Waals surface area (Å²) in [6.45, 7) is 3.39. The summed E-state index contributed by atoms with van der Waals surface area (Å²) < 4.78 is 1.96. The summed E-state index contributed by atoms with van der Waals surface area (Å²) in [5, 5.41) is 8.01. The van der Waals surface area contributed by atoms with E-state index in [-0.39, 0.29) is 17.1 Å². The zero-order chi connectivity index (χ0) is 26.4. The number of hydrogen-bond acceptors (Lipinski definition) is 6. The fourth-order valence-electron chi connectivity index (χ4n) is 8.83. The van der Waals surface area contributed by atoms with E-state index in [0.29, 0.717) is 41.6 Å². The smallest absolute Gasteiger partial charge is 0.230 e. The van der Waals surface area contributed by atoms with Crippen LogP contribution in [0, 0.1) is 35.5 Å². The van der Waals surface area contributed by atoms with Gasteiger partial charge in [0.15, 0.2) is 11.6 Å². The standard InChI is InChI=1S/C31H33N7O/c1-18-5-2-3-6-20(18)16-38-26(23-7-4-8-33-23)11-24(37-38)28-34-15-25(27(32)36-28)35-29(39)30-12-19-9-21-10-22(14-30)31(21,13-19)17-30/h2-7,11,15,19,21-22H,8-10,12-14,16-17H2,1H3,(H,35,39)(H2,32,34,36). The van der Waals surface area contributed by atoms with Crippen LogP contribution in [0.25, 0.3) is 11.5 Å². The van der Waals surface area contributed by atoms with Crippen LogP contribution in [-0.4, -0.2) is 37.9 Å². The first-order valence-electron chi connectivity index (χ1n) is 14.2. The van der Waals surface area contributed by atoms with Gasteiger partial charge in [0.1, 0.15) is 11.4 Å². The number of carbonyl (C=O) groups excluding carboxylic acids is 1. The summed E-state index contributed by atoms with van der Waals surface area (Å²) in [4.78, 5) is 27.5. The number of aryl methyl sites for hydroxylation is 1. The highest BCUT2D eigenvalue weighted by Crippen LogP contribution is 2.78. The molecule has 8 nitrogen and oxygen atoms in total. The average molecular weight is 520 g/mol. The van der Waals surface area contributed by atoms with E-state index in [0.717, 1.165) is 42.5 Å². The van der Waals surface area contributed by atoms with Crippen LogP contribution in [0.4, 0.5) is 11.5 Å². The summed E-state index contributed by atoms with van der Waals surface area (Å²) in [7, 11) is 0. The Morgan fingerprint density at radius 2 is 2.08 bits per heavy atom. The number of amides is 1. The molecule has 8 heteroatoms. The number of carbonyl (C=O) groups is 1. The zero-order valence-electron chi connectivity index (χ0n) is 22.2. The van der Waals surface area contributed by atoms with E-state index in [2.05, 4.69) is 39.3 Å². The van der Waals surface area contributed by atoms with Gasteiger partial charge in [-0.05, 0) is 91.9 Å². The number of aromatic nitrogens is 4. The number of nitrogen functional groups attached to an aromatic ring is 1. The average Bonchev–Trinajstić information content (AvgIpc) is 3.66. The maximum atomic E-state index is 13.7. The highest BCUT2D eigenvalue weighted by Gasteiger charge is 2.72. The summed E-state index contributed by atoms with van der Waals surface area (Å²) >= 11 is 0. The van der Waals surface area contributed by atoms with Crippen molar-refractivity contribution in [1.82, 2.24) is 19.7 Å². The van der Waals surface area contributed by atoms with Crippen molar-refractivity contribution in [3.8, 4) is 11.5 Å². The first-order chi connectivity index (χ1) is 18.9. The number of allylic oxidation sites excluding steroid dienone is 1. The van der Waals surface area contributed by atoms with Crippen LogP contribution < -0.4 is 11.1 Å². The van der Waals surface area contributed by atoms with Crippen molar-refractivity contribution in [3.63, 3.8) is 0 Å². The fourth-order valence-corrected chi connectivity index (χ4v) is 8.83. The number of nitrogens with zero attached hydrogens (tertiary/aromatic N) is 5. The van der Waals surface area contributed by atoms with Crippen LogP contribution in [0.2, 0.25) is 0 Å². The number of nitrogens with two attached hydrogens (primary N) is 1. The van der Waals surface area contributed by atoms with E-state index in [4.69, 9.17) is 10.8 Å². The summed E-state index contributed by atoms with van der Waals surface area (Å²) in [5.41, 5.74) is 12.0. The molecule has 3 N–H and O–H groups in total. The number of nitrogens with one attached hydrogen (secondary N) is 1. The molecule has 3 heterocycles. The van der Waals surface area contributed by atoms with Gasteiger partial charge in [0.2, 0.25) is 5.91 Å². The van der Waals surface area contributed by atoms with Gasteiger partial charge in [-0.15, -0.1) is 0 Å². The Morgan fingerprint density at radius 3 is 2.90 bits per heavy atom. The van der Waals surface area contributed by atoms with E-state index in [1.165, 1.54) is 30.4 Å². The molecule has 3 bridgehead atoms. The summed E-state index contributed by atoms with van der Waals surface area (Å²) in [5.74, 6) is 3.13. The molecule has 2 aromatic heterocycles. The molecule has 198 valence electrons. The molecule has 1 amide bonds. The van der Waals surface area contributed by atoms with E-state index in [1.807, 2.05) is 35.0 Å². The van der Waals surface area contributed by atoms with Gasteiger partial charge in [0, 0.05) is 0 Å². The van der Waals surface area contributed by atoms with Gasteiger partial charge >= 0.3 is 0 Å². The molecular formula is C31H33N7O. The Morgan fingerprint density at radius 1 is 1.18 bits per heavy atom. The molecular weight excluding hydrogens is 486 g/mol. The summed E-state index contributed by atoms with van der Waals surface area (Å²) in [6, 6.07) is 10.3. The monoisotopic (exact) mass is 519 g/mol. The molecule has 5 atom stereocenters. The molecule has 4 fully saturated rings. The lowest BCUT2D eigenvalue weighted by atomic mass is 9.55. The highest BCUT2D eigenvalue weighted by molar-refractivity contribution is 6.09. The Hall–Kier alpha value is -3.81. The lowest BCUT2D eigenvalue weighted by Crippen LogP contribution is -2.43. The summed E-state index contributed by atoms with van der Waals surface area (Å²) in [6.07, 6.45) is 12.8. The van der Waals surface area contributed by atoms with Crippen molar-refractivity contribution in [1.29, 1.82) is 0 Å². The van der Waals surface area contributed by atoms with Gasteiger partial charge in [-0.3, -0.25) is 14.5 Å². The van der Waals surface area contributed by atoms with Crippen molar-refractivity contribution >= 4 is 23.1 Å². The predicted molar refractivity (Wildman–Crippen MR) is 150 cm³/mol. The highest BCUT2D eigenvalue weighted by atomic mass is 16.2. The van der Waals surface area contributed by atoms with Crippen LogP contribution in [0.15, 0.2) is 53.7 Å². The molecule has 1 aliphatic heterocycles. The minimum Gasteiger partial charge on any atom is -0.382 e. The molecule has 5 unspecified atom stereocenters. The van der Waals surface area contributed by atoms with Gasteiger partial charge in [-0.1, -0.05) is 30.3 Å². The number of rotatable bonds is 6. The van der Waals surface area contributed by atoms with Crippen LogP contribution in [-0.2, 0) is 11.3 Å². The molecule has 39 heavy (non-hydrogen) atoms. The quantitative estimate of drug-likeness (QED) is 0.486. The molecule has 5 aliphatic rings. The number of benzene rings is 1. The largest absolute Gasteiger partial charge is 0.382 e. The van der Waals surface area contributed by atoms with Gasteiger partial charge in [0.05, 0.1) is 36.1 Å². The first-order valence-corrected chi connectivity index (χ1v) is 14.2. The normalized spacial score (nSPS) is 31.3. The molecule has 8 rings (SSSR count). The van der Waals surface area contributed by atoms with Gasteiger partial charge in [-0.25, -0.2) is 9.97 Å². The second-order valence-corrected chi connectivity index (χ2v) is 12.6. The Labute approximate surface area is 227 Å². The molecule has 1 aromatic carbocycles. The topological polar surface area (TPSA) is 111 Å². The van der Waals surface area contributed by atoms with Crippen LogP contribution in [0.1, 0.15) is 55.3 Å². The van der Waals surface area contributed by atoms with E-state index in [9.17, 15) is 4.79 Å². The third kappa shape index (κ3) is 3.39. The lowest BCUT2D eigenvalue weighted by molar-refractivity contribution is -0.127. The lowest BCUT2D eigenvalue weighted by Gasteiger charge is -2.49. The van der Waals surface area contributed by atoms with E-state index >= 15 is 0 Å². The van der Waals surface area contributed by atoms with Crippen LogP contribution >= 0.6 is 0 Å². The third-order valence-electron chi connectivity index (χ3n) is 10.5. The Balaban J connectivity index is 1.07. The van der Waals surface area contributed by atoms with Gasteiger partial charge in [0.25, 0.3) is 0 Å².